The number of hydrogen-bond acceptors (Lipinski definition) is 0. The topological polar surface area (TPSA) is 0 Å². The Morgan fingerprint density at radius 3 is 2.56 bits per heavy atom. The van der Waals surface area contributed by atoms with E-state index in [-0.39, 0.29) is 0 Å². The van der Waals surface area contributed by atoms with Gasteiger partial charge in [0.1, 0.15) is 0 Å². The van der Waals surface area contributed by atoms with Gasteiger partial charge in [-0.05, 0) is 0 Å². The quantitative estimate of drug-likeness (QED) is 0.502. The molecule has 0 N–H and O–H groups in total. The molecule has 0 spiro atoms. The van der Waals surface area contributed by atoms with Crippen LogP contribution in [0.1, 0.15) is 39.0 Å². The molecule has 0 saturated carbocycles. The van der Waals surface area contributed by atoms with Gasteiger partial charge in [-0.1, -0.05) is 0 Å². The standard InChI is InChI=1S/C8H15.Sn.3H/c1-3-5-7-8-6-4-2;;;;/h1,3H,4-8H2,2H3;;;;. The number of unbranched alkanes of at least 4 members (excludes halogenated alkanes) is 4. The normalized spacial score (nSPS) is 11.2. The van der Waals surface area contributed by atoms with Crippen LogP contribution in [0.25, 0.3) is 0 Å². The molecule has 0 amide bonds. The van der Waals surface area contributed by atoms with Gasteiger partial charge in [-0.2, -0.15) is 0 Å². The molecule has 0 aromatic rings. The van der Waals surface area contributed by atoms with Crippen LogP contribution < -0.4 is 0 Å². The zero-order valence-corrected chi connectivity index (χ0v) is 12.4. The van der Waals surface area contributed by atoms with E-state index in [1.54, 1.807) is 0 Å². The van der Waals surface area contributed by atoms with Crippen molar-refractivity contribution < 1.29 is 0 Å². The van der Waals surface area contributed by atoms with E-state index in [0.29, 0.717) is 0 Å². The van der Waals surface area contributed by atoms with Gasteiger partial charge >= 0.3 is 71.7 Å². The molecule has 0 aromatic heterocycles. The van der Waals surface area contributed by atoms with Crippen molar-refractivity contribution in [2.24, 2.45) is 0 Å². The van der Waals surface area contributed by atoms with E-state index in [1.165, 1.54) is 32.1 Å². The van der Waals surface area contributed by atoms with Crippen molar-refractivity contribution in [1.29, 1.82) is 0 Å². The Hall–Kier alpha value is 0.539. The van der Waals surface area contributed by atoms with E-state index in [9.17, 15) is 0 Å². The van der Waals surface area contributed by atoms with Crippen LogP contribution in [0, 0.1) is 0 Å². The summed E-state index contributed by atoms with van der Waals surface area (Å²) in [4.78, 5) is 0. The number of allylic oxidation sites excluding steroid dienone is 1. The fraction of sp³-hybridized carbons (Fsp3) is 0.750. The number of hydrogen-bond donors (Lipinski definition) is 0. The van der Waals surface area contributed by atoms with Gasteiger partial charge in [-0.25, -0.2) is 0 Å². The first-order valence-electron chi connectivity index (χ1n) is 4.03. The molecule has 0 saturated heterocycles. The van der Waals surface area contributed by atoms with E-state index in [4.69, 9.17) is 0 Å². The maximum absolute atomic E-state index is 2.34. The summed E-state index contributed by atoms with van der Waals surface area (Å²) in [6.07, 6.45) is 9.27. The first kappa shape index (κ1) is 9.54. The third kappa shape index (κ3) is 8.54. The Balaban J connectivity index is 2.75. The fourth-order valence-electron chi connectivity index (χ4n) is 0.856. The van der Waals surface area contributed by atoms with Crippen LogP contribution in [-0.4, -0.2) is 22.5 Å². The van der Waals surface area contributed by atoms with E-state index in [1.807, 2.05) is 0 Å². The molecule has 0 unspecified atom stereocenters. The summed E-state index contributed by atoms with van der Waals surface area (Å²) in [7, 11) is 0. The van der Waals surface area contributed by atoms with E-state index >= 15 is 0 Å². The van der Waals surface area contributed by atoms with Gasteiger partial charge in [-0.15, -0.1) is 0 Å². The van der Waals surface area contributed by atoms with Crippen molar-refractivity contribution in [3.05, 3.63) is 10.2 Å². The summed E-state index contributed by atoms with van der Waals surface area (Å²) in [5, 5.41) is 0. The van der Waals surface area contributed by atoms with Gasteiger partial charge in [0.05, 0.1) is 0 Å². The van der Waals surface area contributed by atoms with Crippen LogP contribution in [0.4, 0.5) is 0 Å². The Morgan fingerprint density at radius 2 is 2.00 bits per heavy atom. The zero-order valence-electron chi connectivity index (χ0n) is 6.69. The predicted octanol–water partition coefficient (Wildman–Crippen LogP) is 1.84. The molecule has 0 rings (SSSR count). The molecule has 0 heterocycles. The third-order valence-corrected chi connectivity index (χ3v) is 2.81. The van der Waals surface area contributed by atoms with Crippen LogP contribution in [-0.2, 0) is 0 Å². The Kier molecular flexibility index (Phi) is 9.05. The maximum atomic E-state index is 2.34. The first-order chi connectivity index (χ1) is 4.41. The zero-order chi connectivity index (χ0) is 6.95. The first-order valence-corrected chi connectivity index (χ1v) is 7.32. The molecular formula is C8H18Sn. The monoisotopic (exact) mass is 234 g/mol. The molecule has 9 heavy (non-hydrogen) atoms. The van der Waals surface area contributed by atoms with Gasteiger partial charge in [0.15, 0.2) is 0 Å². The summed E-state index contributed by atoms with van der Waals surface area (Å²) in [5.41, 5.74) is 0. The molecule has 0 aliphatic rings. The van der Waals surface area contributed by atoms with Gasteiger partial charge in [0.25, 0.3) is 0 Å². The molecule has 0 aliphatic carbocycles. The van der Waals surface area contributed by atoms with E-state index in [0.717, 1.165) is 22.5 Å². The Morgan fingerprint density at radius 1 is 1.22 bits per heavy atom. The average molecular weight is 233 g/mol. The van der Waals surface area contributed by atoms with Crippen molar-refractivity contribution >= 4 is 22.5 Å². The molecule has 0 atom stereocenters. The van der Waals surface area contributed by atoms with Crippen molar-refractivity contribution in [3.63, 3.8) is 0 Å². The minimum absolute atomic E-state index is 0.790. The van der Waals surface area contributed by atoms with Crippen LogP contribution in [0.5, 0.6) is 0 Å². The molecule has 0 nitrogen and oxygen atoms in total. The van der Waals surface area contributed by atoms with Crippen molar-refractivity contribution in [3.8, 4) is 0 Å². The average Bonchev–Trinajstić information content (AvgIpc) is 1.89. The molecule has 0 fully saturated rings. The third-order valence-electron chi connectivity index (χ3n) is 1.46. The molecule has 0 bridgehead atoms. The van der Waals surface area contributed by atoms with Gasteiger partial charge in [-0.3, -0.25) is 0 Å². The summed E-state index contributed by atoms with van der Waals surface area (Å²) in [6, 6.07) is 0. The Bertz CT molecular complexity index is 67.0. The second-order valence-electron chi connectivity index (χ2n) is 2.42. The summed E-state index contributed by atoms with van der Waals surface area (Å²) < 4.78 is 2.34. The van der Waals surface area contributed by atoms with Crippen molar-refractivity contribution in [2.75, 3.05) is 0 Å². The SMILES string of the molecule is CCCCCCC=[CH][SnH3]. The predicted molar refractivity (Wildman–Crippen MR) is 47.8 cm³/mol. The second-order valence-corrected chi connectivity index (χ2v) is 4.32. The van der Waals surface area contributed by atoms with Gasteiger partial charge in [0.2, 0.25) is 0 Å². The summed E-state index contributed by atoms with van der Waals surface area (Å²) >= 11 is 0.790. The van der Waals surface area contributed by atoms with Crippen molar-refractivity contribution in [1.82, 2.24) is 0 Å². The fourth-order valence-corrected chi connectivity index (χ4v) is 1.81. The summed E-state index contributed by atoms with van der Waals surface area (Å²) in [5.74, 6) is 0. The molecule has 54 valence electrons. The molecular weight excluding hydrogens is 215 g/mol. The molecule has 0 aliphatic heterocycles. The Labute approximate surface area is 71.8 Å². The molecule has 1 heteroatoms. The number of rotatable bonds is 5. The van der Waals surface area contributed by atoms with Crippen LogP contribution in [0.2, 0.25) is 0 Å². The van der Waals surface area contributed by atoms with Gasteiger partial charge < -0.3 is 0 Å². The summed E-state index contributed by atoms with van der Waals surface area (Å²) in [6.45, 7) is 2.26. The van der Waals surface area contributed by atoms with E-state index in [2.05, 4.69) is 17.1 Å². The minimum atomic E-state index is 0.790. The van der Waals surface area contributed by atoms with Crippen LogP contribution in [0.15, 0.2) is 10.2 Å². The second kappa shape index (κ2) is 8.54. The van der Waals surface area contributed by atoms with Crippen LogP contribution in [0.3, 0.4) is 0 Å². The molecule has 0 radical (unpaired) electrons. The molecule has 0 aromatic carbocycles. The van der Waals surface area contributed by atoms with Gasteiger partial charge in [0, 0.05) is 0 Å². The van der Waals surface area contributed by atoms with E-state index < -0.39 is 0 Å². The van der Waals surface area contributed by atoms with Crippen molar-refractivity contribution in [2.45, 2.75) is 39.0 Å². The van der Waals surface area contributed by atoms with Crippen LogP contribution >= 0.6 is 0 Å².